The molecule has 0 saturated carbocycles. The monoisotopic (exact) mass is 545 g/mol. The minimum atomic E-state index is -0.919. The molecule has 3 amide bonds. The second-order valence-electron chi connectivity index (χ2n) is 9.78. The number of fused-ring (bicyclic) bond motifs is 1. The first-order chi connectivity index (χ1) is 20.0. The van der Waals surface area contributed by atoms with Crippen LogP contribution in [0, 0.1) is 0 Å². The van der Waals surface area contributed by atoms with E-state index in [1.807, 2.05) is 54.6 Å². The second kappa shape index (κ2) is 11.1. The molecule has 1 saturated heterocycles. The summed E-state index contributed by atoms with van der Waals surface area (Å²) in [7, 11) is 1.56. The summed E-state index contributed by atoms with van der Waals surface area (Å²) >= 11 is 0. The van der Waals surface area contributed by atoms with E-state index in [0.717, 1.165) is 21.5 Å². The largest absolute Gasteiger partial charge is 0.497 e. The summed E-state index contributed by atoms with van der Waals surface area (Å²) in [6.45, 7) is 0.281. The van der Waals surface area contributed by atoms with Crippen molar-refractivity contribution < 1.29 is 23.5 Å². The number of carbonyl (C=O) groups excluding carboxylic acids is 3. The molecule has 0 N–H and O–H groups in total. The van der Waals surface area contributed by atoms with Crippen LogP contribution in [0.1, 0.15) is 22.3 Å². The van der Waals surface area contributed by atoms with Gasteiger partial charge in [-0.25, -0.2) is 9.88 Å². The van der Waals surface area contributed by atoms with Crippen LogP contribution in [-0.2, 0) is 16.0 Å². The zero-order valence-corrected chi connectivity index (χ0v) is 22.4. The molecule has 1 aliphatic rings. The molecule has 1 unspecified atom stereocenters. The summed E-state index contributed by atoms with van der Waals surface area (Å²) in [4.78, 5) is 47.8. The fourth-order valence-electron chi connectivity index (χ4n) is 5.07. The summed E-state index contributed by atoms with van der Waals surface area (Å²) in [5.41, 5.74) is 4.03. The maximum absolute atomic E-state index is 13.7. The summed E-state index contributed by atoms with van der Waals surface area (Å²) in [5.74, 6) is -0.0341. The molecule has 0 aliphatic carbocycles. The Kier molecular flexibility index (Phi) is 7.04. The molecule has 2 heterocycles. The van der Waals surface area contributed by atoms with Crippen LogP contribution in [0.25, 0.3) is 22.6 Å². The fourth-order valence-corrected chi connectivity index (χ4v) is 5.07. The van der Waals surface area contributed by atoms with E-state index in [1.165, 1.54) is 4.90 Å². The Hall–Kier alpha value is -5.24. The van der Waals surface area contributed by atoms with Gasteiger partial charge in [0.25, 0.3) is 11.8 Å². The van der Waals surface area contributed by atoms with Crippen molar-refractivity contribution in [2.75, 3.05) is 18.6 Å². The van der Waals surface area contributed by atoms with Crippen LogP contribution in [0.5, 0.6) is 5.75 Å². The van der Waals surface area contributed by atoms with E-state index in [9.17, 15) is 14.4 Å². The van der Waals surface area contributed by atoms with E-state index >= 15 is 0 Å². The van der Waals surface area contributed by atoms with E-state index in [4.69, 9.17) is 9.15 Å². The molecule has 1 aromatic heterocycles. The molecular weight excluding hydrogens is 518 g/mol. The van der Waals surface area contributed by atoms with Gasteiger partial charge in [0, 0.05) is 17.7 Å². The molecule has 5 aromatic rings. The van der Waals surface area contributed by atoms with E-state index in [2.05, 4.69) is 4.98 Å². The van der Waals surface area contributed by atoms with Crippen LogP contribution in [0.3, 0.4) is 0 Å². The first-order valence-electron chi connectivity index (χ1n) is 13.3. The van der Waals surface area contributed by atoms with Crippen molar-refractivity contribution in [3.8, 4) is 17.2 Å². The number of hydrogen-bond acceptors (Lipinski definition) is 6. The number of hydrogen-bond donors (Lipinski definition) is 0. The van der Waals surface area contributed by atoms with Gasteiger partial charge in [0.15, 0.2) is 5.58 Å². The number of anilines is 1. The lowest BCUT2D eigenvalue weighted by molar-refractivity contribution is -0.122. The number of benzene rings is 4. The van der Waals surface area contributed by atoms with Gasteiger partial charge in [-0.2, -0.15) is 0 Å². The van der Waals surface area contributed by atoms with Gasteiger partial charge in [-0.15, -0.1) is 0 Å². The van der Waals surface area contributed by atoms with Gasteiger partial charge in [0.1, 0.15) is 17.3 Å². The lowest BCUT2D eigenvalue weighted by Gasteiger charge is -2.28. The average Bonchev–Trinajstić information content (AvgIpc) is 3.58. The molecule has 1 aliphatic heterocycles. The maximum Gasteiger partial charge on any atom is 0.257 e. The van der Waals surface area contributed by atoms with E-state index < -0.39 is 11.9 Å². The third-order valence-corrected chi connectivity index (χ3v) is 7.25. The number of aromatic nitrogens is 1. The Bertz CT molecular complexity index is 1680. The van der Waals surface area contributed by atoms with Crippen molar-refractivity contribution in [2.45, 2.75) is 18.9 Å². The smallest absolute Gasteiger partial charge is 0.257 e. The highest BCUT2D eigenvalue weighted by atomic mass is 16.5. The Labute approximate surface area is 236 Å². The molecule has 4 aromatic carbocycles. The number of methoxy groups -OCH3 is 1. The number of oxazole rings is 1. The number of para-hydroxylation sites is 2. The second-order valence-corrected chi connectivity index (χ2v) is 9.78. The van der Waals surface area contributed by atoms with Gasteiger partial charge in [-0.3, -0.25) is 14.4 Å². The van der Waals surface area contributed by atoms with Crippen molar-refractivity contribution in [1.29, 1.82) is 0 Å². The molecule has 1 atom stereocenters. The normalized spacial score (nSPS) is 15.0. The number of amides is 3. The fraction of sp³-hybridized carbons (Fsp3) is 0.152. The Morgan fingerprint density at radius 3 is 2.34 bits per heavy atom. The van der Waals surface area contributed by atoms with E-state index in [-0.39, 0.29) is 24.8 Å². The van der Waals surface area contributed by atoms with Gasteiger partial charge in [-0.1, -0.05) is 42.5 Å². The molecule has 8 nitrogen and oxygen atoms in total. The lowest BCUT2D eigenvalue weighted by atomic mass is 10.1. The number of imide groups is 1. The highest BCUT2D eigenvalue weighted by Gasteiger charge is 2.44. The predicted molar refractivity (Wildman–Crippen MR) is 155 cm³/mol. The molecule has 1 fully saturated rings. The zero-order chi connectivity index (χ0) is 28.3. The van der Waals surface area contributed by atoms with E-state index in [0.29, 0.717) is 34.9 Å². The molecule has 0 spiro atoms. The summed E-state index contributed by atoms with van der Waals surface area (Å²) < 4.78 is 11.1. The van der Waals surface area contributed by atoms with E-state index in [1.54, 1.807) is 55.6 Å². The van der Waals surface area contributed by atoms with Crippen molar-refractivity contribution >= 4 is 34.5 Å². The molecule has 8 heteroatoms. The van der Waals surface area contributed by atoms with Crippen LogP contribution < -0.4 is 9.64 Å². The third kappa shape index (κ3) is 5.19. The minimum absolute atomic E-state index is 0.0948. The molecular formula is C33H27N3O5. The van der Waals surface area contributed by atoms with Gasteiger partial charge < -0.3 is 14.1 Å². The molecule has 0 bridgehead atoms. The molecule has 204 valence electrons. The number of carbonyl (C=O) groups is 3. The third-order valence-electron chi connectivity index (χ3n) is 7.25. The Morgan fingerprint density at radius 1 is 0.927 bits per heavy atom. The highest BCUT2D eigenvalue weighted by Crippen LogP contribution is 2.30. The quantitative estimate of drug-likeness (QED) is 0.239. The van der Waals surface area contributed by atoms with Crippen molar-refractivity contribution in [3.05, 3.63) is 114 Å². The van der Waals surface area contributed by atoms with Crippen LogP contribution in [0.15, 0.2) is 108 Å². The number of rotatable bonds is 8. The first-order valence-corrected chi connectivity index (χ1v) is 13.3. The topological polar surface area (TPSA) is 92.9 Å². The zero-order valence-electron chi connectivity index (χ0n) is 22.4. The van der Waals surface area contributed by atoms with Crippen LogP contribution in [0.2, 0.25) is 0 Å². The van der Waals surface area contributed by atoms with Crippen molar-refractivity contribution in [3.63, 3.8) is 0 Å². The van der Waals surface area contributed by atoms with Crippen molar-refractivity contribution in [1.82, 2.24) is 9.88 Å². The molecule has 0 radical (unpaired) electrons. The molecule has 6 rings (SSSR count). The maximum atomic E-state index is 13.7. The summed E-state index contributed by atoms with van der Waals surface area (Å²) in [5, 5.41) is 0. The predicted octanol–water partition coefficient (Wildman–Crippen LogP) is 5.52. The van der Waals surface area contributed by atoms with Crippen LogP contribution in [0.4, 0.5) is 5.69 Å². The number of nitrogens with zero attached hydrogens (tertiary/aromatic N) is 3. The summed E-state index contributed by atoms with van der Waals surface area (Å²) in [6.07, 6.45) is 0.447. The lowest BCUT2D eigenvalue weighted by Crippen LogP contribution is -2.46. The summed E-state index contributed by atoms with van der Waals surface area (Å²) in [6, 6.07) is 30.0. The van der Waals surface area contributed by atoms with Crippen LogP contribution in [-0.4, -0.2) is 47.3 Å². The van der Waals surface area contributed by atoms with Gasteiger partial charge in [0.2, 0.25) is 11.8 Å². The minimum Gasteiger partial charge on any atom is -0.497 e. The molecule has 41 heavy (non-hydrogen) atoms. The SMILES string of the molecule is COc1ccc(C(=O)N(CCc2ccccc2)C2CC(=O)N(c3ccc(-c4nc5ccccc5o4)cc3)C2=O)cc1. The first kappa shape index (κ1) is 26.0. The van der Waals surface area contributed by atoms with Gasteiger partial charge >= 0.3 is 0 Å². The van der Waals surface area contributed by atoms with Crippen molar-refractivity contribution in [2.24, 2.45) is 0 Å². The average molecular weight is 546 g/mol. The number of ether oxygens (including phenoxy) is 1. The standard InChI is InChI=1S/C33H27N3O5/c1-40-26-17-13-24(14-18-26)32(38)35(20-19-22-7-3-2-4-8-22)28-21-30(37)36(33(28)39)25-15-11-23(12-16-25)31-34-27-9-5-6-10-29(27)41-31/h2-18,28H,19-21H2,1H3. The van der Waals surface area contributed by atoms with Crippen LogP contribution >= 0.6 is 0 Å². The Balaban J connectivity index is 1.26. The highest BCUT2D eigenvalue weighted by molar-refractivity contribution is 6.23. The Morgan fingerprint density at radius 2 is 1.63 bits per heavy atom. The van der Waals surface area contributed by atoms with Gasteiger partial charge in [0.05, 0.1) is 19.2 Å². The van der Waals surface area contributed by atoms with Gasteiger partial charge in [-0.05, 0) is 72.6 Å².